The Morgan fingerprint density at radius 2 is 2.16 bits per heavy atom. The van der Waals surface area contributed by atoms with Crippen molar-refractivity contribution < 1.29 is 8.42 Å². The number of rotatable bonds is 5. The van der Waals surface area contributed by atoms with E-state index in [1.54, 1.807) is 5.51 Å². The summed E-state index contributed by atoms with van der Waals surface area (Å²) in [6.07, 6.45) is 1.25. The van der Waals surface area contributed by atoms with E-state index in [0.29, 0.717) is 5.82 Å². The second-order valence-electron chi connectivity index (χ2n) is 3.71. The van der Waals surface area contributed by atoms with Crippen molar-refractivity contribution in [3.05, 3.63) is 34.4 Å². The third-order valence-corrected chi connectivity index (χ3v) is 4.78. The number of hydrazine groups is 1. The zero-order valence-electron chi connectivity index (χ0n) is 10.1. The van der Waals surface area contributed by atoms with Gasteiger partial charge in [0.2, 0.25) is 10.0 Å². The number of hydrogen-bond acceptors (Lipinski definition) is 7. The Kier molecular flexibility index (Phi) is 4.10. The number of nitrogen functional groups attached to an aromatic ring is 1. The number of anilines is 1. The van der Waals surface area contributed by atoms with Crippen molar-refractivity contribution in [1.82, 2.24) is 14.7 Å². The quantitative estimate of drug-likeness (QED) is 0.551. The first-order chi connectivity index (χ1) is 9.03. The van der Waals surface area contributed by atoms with Gasteiger partial charge >= 0.3 is 0 Å². The van der Waals surface area contributed by atoms with Crippen LogP contribution in [-0.4, -0.2) is 18.4 Å². The van der Waals surface area contributed by atoms with Gasteiger partial charge in [-0.25, -0.2) is 29.0 Å². The molecular weight excluding hydrogens is 286 g/mol. The summed E-state index contributed by atoms with van der Waals surface area (Å²) in [4.78, 5) is 8.90. The van der Waals surface area contributed by atoms with E-state index in [1.807, 2.05) is 6.92 Å². The van der Waals surface area contributed by atoms with E-state index < -0.39 is 10.0 Å². The molecule has 2 aromatic heterocycles. The van der Waals surface area contributed by atoms with Gasteiger partial charge in [0, 0.05) is 17.6 Å². The summed E-state index contributed by atoms with van der Waals surface area (Å²) in [5.74, 6) is 5.57. The molecule has 4 N–H and O–H groups in total. The lowest BCUT2D eigenvalue weighted by molar-refractivity contribution is 0.581. The fourth-order valence-corrected chi connectivity index (χ4v) is 3.11. The van der Waals surface area contributed by atoms with Crippen LogP contribution >= 0.6 is 11.3 Å². The molecule has 0 aliphatic rings. The molecule has 0 bridgehead atoms. The minimum Gasteiger partial charge on any atom is -0.308 e. The normalized spacial score (nSPS) is 11.5. The standard InChI is InChI=1S/C10H13N5O2S2/c1-7-9(18-6-13-7)5-14-19(16,17)8-2-3-10(15-11)12-4-8/h2-4,6,14H,5,11H2,1H3,(H,12,15). The highest BCUT2D eigenvalue weighted by Gasteiger charge is 2.15. The SMILES string of the molecule is Cc1ncsc1CNS(=O)(=O)c1ccc(NN)nc1. The van der Waals surface area contributed by atoms with Crippen LogP contribution in [0.15, 0.2) is 28.7 Å². The number of hydrogen-bond donors (Lipinski definition) is 3. The van der Waals surface area contributed by atoms with Crippen molar-refractivity contribution in [3.63, 3.8) is 0 Å². The Morgan fingerprint density at radius 1 is 1.37 bits per heavy atom. The van der Waals surface area contributed by atoms with E-state index in [9.17, 15) is 8.42 Å². The average molecular weight is 299 g/mol. The number of sulfonamides is 1. The van der Waals surface area contributed by atoms with Crippen LogP contribution in [0, 0.1) is 6.92 Å². The van der Waals surface area contributed by atoms with E-state index in [1.165, 1.54) is 29.7 Å². The molecule has 0 radical (unpaired) electrons. The molecule has 0 aliphatic carbocycles. The second-order valence-corrected chi connectivity index (χ2v) is 6.42. The van der Waals surface area contributed by atoms with Crippen molar-refractivity contribution in [2.24, 2.45) is 5.84 Å². The van der Waals surface area contributed by atoms with Crippen LogP contribution in [0.1, 0.15) is 10.6 Å². The van der Waals surface area contributed by atoms with Crippen LogP contribution < -0.4 is 16.0 Å². The Morgan fingerprint density at radius 3 is 2.68 bits per heavy atom. The first-order valence-electron chi connectivity index (χ1n) is 5.34. The van der Waals surface area contributed by atoms with Crippen LogP contribution in [0.25, 0.3) is 0 Å². The van der Waals surface area contributed by atoms with Crippen LogP contribution in [0.3, 0.4) is 0 Å². The maximum atomic E-state index is 12.0. The molecule has 0 amide bonds. The van der Waals surface area contributed by atoms with Crippen LogP contribution in [0.5, 0.6) is 0 Å². The van der Waals surface area contributed by atoms with E-state index in [-0.39, 0.29) is 11.4 Å². The van der Waals surface area contributed by atoms with Crippen molar-refractivity contribution in [2.45, 2.75) is 18.4 Å². The molecule has 0 aromatic carbocycles. The summed E-state index contributed by atoms with van der Waals surface area (Å²) in [5.41, 5.74) is 4.84. The van der Waals surface area contributed by atoms with Crippen molar-refractivity contribution in [3.8, 4) is 0 Å². The number of thiazole rings is 1. The van der Waals surface area contributed by atoms with Gasteiger partial charge in [0.1, 0.15) is 10.7 Å². The predicted octanol–water partition coefficient (Wildman–Crippen LogP) is 0.611. The Balaban J connectivity index is 2.11. The highest BCUT2D eigenvalue weighted by atomic mass is 32.2. The Bertz CT molecular complexity index is 651. The van der Waals surface area contributed by atoms with Gasteiger partial charge in [-0.2, -0.15) is 0 Å². The number of nitrogens with two attached hydrogens (primary N) is 1. The molecule has 0 unspecified atom stereocenters. The molecule has 0 saturated heterocycles. The Labute approximate surface area is 114 Å². The van der Waals surface area contributed by atoms with Crippen LogP contribution in [-0.2, 0) is 16.6 Å². The van der Waals surface area contributed by atoms with Gasteiger partial charge in [-0.05, 0) is 19.1 Å². The van der Waals surface area contributed by atoms with Crippen LogP contribution in [0.2, 0.25) is 0 Å². The lowest BCUT2D eigenvalue weighted by atomic mass is 10.4. The molecule has 0 aliphatic heterocycles. The van der Waals surface area contributed by atoms with Crippen molar-refractivity contribution in [2.75, 3.05) is 5.43 Å². The highest BCUT2D eigenvalue weighted by Crippen LogP contribution is 2.14. The molecule has 0 spiro atoms. The van der Waals surface area contributed by atoms with Crippen LogP contribution in [0.4, 0.5) is 5.82 Å². The lowest BCUT2D eigenvalue weighted by Crippen LogP contribution is -2.23. The van der Waals surface area contributed by atoms with E-state index in [4.69, 9.17) is 5.84 Å². The molecule has 7 nitrogen and oxygen atoms in total. The molecule has 2 rings (SSSR count). The monoisotopic (exact) mass is 299 g/mol. The van der Waals surface area contributed by atoms with Gasteiger partial charge in [-0.3, -0.25) is 0 Å². The first-order valence-corrected chi connectivity index (χ1v) is 7.70. The van der Waals surface area contributed by atoms with Gasteiger partial charge < -0.3 is 5.43 Å². The molecule has 0 saturated carbocycles. The molecule has 102 valence electrons. The summed E-state index contributed by atoms with van der Waals surface area (Å²) < 4.78 is 26.5. The average Bonchev–Trinajstić information content (AvgIpc) is 2.82. The number of aromatic nitrogens is 2. The van der Waals surface area contributed by atoms with Crippen molar-refractivity contribution >= 4 is 27.2 Å². The number of aryl methyl sites for hydroxylation is 1. The Hall–Kier alpha value is -1.55. The van der Waals surface area contributed by atoms with E-state index in [0.717, 1.165) is 10.6 Å². The van der Waals surface area contributed by atoms with E-state index >= 15 is 0 Å². The summed E-state index contributed by atoms with van der Waals surface area (Å²) in [5, 5.41) is 0. The maximum Gasteiger partial charge on any atom is 0.242 e. The van der Waals surface area contributed by atoms with Gasteiger partial charge in [-0.15, -0.1) is 11.3 Å². The largest absolute Gasteiger partial charge is 0.308 e. The minimum atomic E-state index is -3.58. The summed E-state index contributed by atoms with van der Waals surface area (Å²) >= 11 is 1.41. The molecule has 2 heterocycles. The summed E-state index contributed by atoms with van der Waals surface area (Å²) in [6.45, 7) is 2.05. The molecular formula is C10H13N5O2S2. The molecule has 0 atom stereocenters. The molecule has 0 fully saturated rings. The topological polar surface area (TPSA) is 110 Å². The van der Waals surface area contributed by atoms with Gasteiger partial charge in [0.05, 0.1) is 11.2 Å². The zero-order chi connectivity index (χ0) is 13.9. The fourth-order valence-electron chi connectivity index (χ4n) is 1.36. The lowest BCUT2D eigenvalue weighted by Gasteiger charge is -2.06. The molecule has 2 aromatic rings. The number of pyridine rings is 1. The molecule has 19 heavy (non-hydrogen) atoms. The minimum absolute atomic E-state index is 0.0914. The van der Waals surface area contributed by atoms with Gasteiger partial charge in [0.25, 0.3) is 0 Å². The highest BCUT2D eigenvalue weighted by molar-refractivity contribution is 7.89. The van der Waals surface area contributed by atoms with E-state index in [2.05, 4.69) is 20.1 Å². The predicted molar refractivity (Wildman–Crippen MR) is 72.9 cm³/mol. The zero-order valence-corrected chi connectivity index (χ0v) is 11.8. The third kappa shape index (κ3) is 3.26. The molecule has 9 heteroatoms. The third-order valence-electron chi connectivity index (χ3n) is 2.46. The van der Waals surface area contributed by atoms with Gasteiger partial charge in [-0.1, -0.05) is 0 Å². The number of nitrogens with zero attached hydrogens (tertiary/aromatic N) is 2. The summed E-state index contributed by atoms with van der Waals surface area (Å²) in [7, 11) is -3.58. The fraction of sp³-hybridized carbons (Fsp3) is 0.200. The second kappa shape index (κ2) is 5.61. The summed E-state index contributed by atoms with van der Waals surface area (Å²) in [6, 6.07) is 2.93. The van der Waals surface area contributed by atoms with Gasteiger partial charge in [0.15, 0.2) is 0 Å². The first kappa shape index (κ1) is 13.9. The number of nitrogens with one attached hydrogen (secondary N) is 2. The smallest absolute Gasteiger partial charge is 0.242 e. The maximum absolute atomic E-state index is 12.0. The van der Waals surface area contributed by atoms with Crippen molar-refractivity contribution in [1.29, 1.82) is 0 Å².